The minimum atomic E-state index is 0.236. The molecule has 0 radical (unpaired) electrons. The van der Waals surface area contributed by atoms with Gasteiger partial charge in [-0.2, -0.15) is 0 Å². The minimum Gasteiger partial charge on any atom is -0.475 e. The van der Waals surface area contributed by atoms with Gasteiger partial charge in [0, 0.05) is 6.54 Å². The summed E-state index contributed by atoms with van der Waals surface area (Å²) in [5, 5.41) is 6.20. The fourth-order valence-electron chi connectivity index (χ4n) is 1.10. The highest BCUT2D eigenvalue weighted by molar-refractivity contribution is 4.95. The lowest BCUT2D eigenvalue weighted by atomic mass is 10.2. The van der Waals surface area contributed by atoms with Gasteiger partial charge in [-0.3, -0.25) is 0 Å². The molecule has 1 fully saturated rings. The Kier molecular flexibility index (Phi) is 2.17. The summed E-state index contributed by atoms with van der Waals surface area (Å²) >= 11 is 0. The lowest BCUT2D eigenvalue weighted by Gasteiger charge is -2.11. The summed E-state index contributed by atoms with van der Waals surface area (Å²) in [7, 11) is 1.93. The second-order valence-corrected chi connectivity index (χ2v) is 2.55. The van der Waals surface area contributed by atoms with Crippen molar-refractivity contribution in [2.75, 3.05) is 13.6 Å². The molecular weight excluding hydrogens is 128 g/mol. The molecule has 1 rings (SSSR count). The van der Waals surface area contributed by atoms with Crippen LogP contribution in [0.4, 0.5) is 0 Å². The van der Waals surface area contributed by atoms with Gasteiger partial charge in [0.05, 0.1) is 6.04 Å². The van der Waals surface area contributed by atoms with E-state index in [1.807, 2.05) is 14.0 Å². The van der Waals surface area contributed by atoms with E-state index in [0.29, 0.717) is 11.9 Å². The molecule has 1 unspecified atom stereocenters. The van der Waals surface area contributed by atoms with E-state index < -0.39 is 0 Å². The smallest absolute Gasteiger partial charge is 0.179 e. The Balaban J connectivity index is 2.38. The van der Waals surface area contributed by atoms with Gasteiger partial charge >= 0.3 is 0 Å². The highest BCUT2D eigenvalue weighted by atomic mass is 16.5. The lowest BCUT2D eigenvalue weighted by Crippen LogP contribution is -2.37. The molecule has 0 bridgehead atoms. The van der Waals surface area contributed by atoms with E-state index in [2.05, 4.69) is 17.2 Å². The minimum absolute atomic E-state index is 0.236. The molecule has 3 nitrogen and oxygen atoms in total. The van der Waals surface area contributed by atoms with Crippen LogP contribution in [-0.4, -0.2) is 25.7 Å². The Morgan fingerprint density at radius 3 is 2.90 bits per heavy atom. The standard InChI is InChI=1S/C7H14N2O/c1-5-7(4-8-3)9-6(2)10-5/h5,7-9H,2,4H2,1,3H3/t5?,7-/m0/s1. The number of nitrogens with one attached hydrogen (secondary N) is 2. The Labute approximate surface area is 61.4 Å². The first-order chi connectivity index (χ1) is 4.74. The van der Waals surface area contributed by atoms with E-state index in [9.17, 15) is 0 Å². The average Bonchev–Trinajstić information content (AvgIpc) is 2.13. The summed E-state index contributed by atoms with van der Waals surface area (Å²) in [5.41, 5.74) is 0. The van der Waals surface area contributed by atoms with Gasteiger partial charge in [-0.05, 0) is 20.6 Å². The Morgan fingerprint density at radius 2 is 2.50 bits per heavy atom. The SMILES string of the molecule is C=C1N[C@@H](CNC)C(C)O1. The quantitative estimate of drug-likeness (QED) is 0.571. The first kappa shape index (κ1) is 7.41. The molecule has 1 aliphatic rings. The molecule has 58 valence electrons. The van der Waals surface area contributed by atoms with Crippen LogP contribution in [0, 0.1) is 0 Å². The number of hydrogen-bond acceptors (Lipinski definition) is 3. The third-order valence-electron chi connectivity index (χ3n) is 1.67. The third-order valence-corrected chi connectivity index (χ3v) is 1.67. The van der Waals surface area contributed by atoms with Gasteiger partial charge in [-0.25, -0.2) is 0 Å². The fraction of sp³-hybridized carbons (Fsp3) is 0.714. The Morgan fingerprint density at radius 1 is 1.80 bits per heavy atom. The zero-order valence-corrected chi connectivity index (χ0v) is 6.48. The molecule has 0 aromatic rings. The molecule has 2 N–H and O–H groups in total. The zero-order chi connectivity index (χ0) is 7.56. The Bertz CT molecular complexity index is 136. The van der Waals surface area contributed by atoms with Gasteiger partial charge in [0.15, 0.2) is 5.88 Å². The van der Waals surface area contributed by atoms with Crippen LogP contribution in [0.1, 0.15) is 6.92 Å². The molecule has 2 atom stereocenters. The Hall–Kier alpha value is -0.700. The van der Waals surface area contributed by atoms with Crippen LogP contribution in [0.3, 0.4) is 0 Å². The maximum Gasteiger partial charge on any atom is 0.179 e. The van der Waals surface area contributed by atoms with E-state index in [1.54, 1.807) is 0 Å². The predicted octanol–water partition coefficient (Wildman–Crippen LogP) is 0.0539. The first-order valence-corrected chi connectivity index (χ1v) is 3.50. The van der Waals surface area contributed by atoms with Crippen molar-refractivity contribution in [3.8, 4) is 0 Å². The predicted molar refractivity (Wildman–Crippen MR) is 40.5 cm³/mol. The van der Waals surface area contributed by atoms with E-state index in [-0.39, 0.29) is 6.10 Å². The molecule has 0 amide bonds. The van der Waals surface area contributed by atoms with E-state index in [0.717, 1.165) is 6.54 Å². The van der Waals surface area contributed by atoms with Gasteiger partial charge in [0.25, 0.3) is 0 Å². The highest BCUT2D eigenvalue weighted by Gasteiger charge is 2.25. The van der Waals surface area contributed by atoms with Crippen molar-refractivity contribution in [3.05, 3.63) is 12.5 Å². The molecule has 3 heteroatoms. The fourth-order valence-corrected chi connectivity index (χ4v) is 1.10. The summed E-state index contributed by atoms with van der Waals surface area (Å²) in [5.74, 6) is 0.688. The van der Waals surface area contributed by atoms with Crippen LogP contribution in [0.2, 0.25) is 0 Å². The maximum absolute atomic E-state index is 5.28. The molecule has 0 spiro atoms. The molecular formula is C7H14N2O. The summed E-state index contributed by atoms with van der Waals surface area (Å²) < 4.78 is 5.28. The van der Waals surface area contributed by atoms with Crippen molar-refractivity contribution >= 4 is 0 Å². The van der Waals surface area contributed by atoms with Crippen LogP contribution in [0.15, 0.2) is 12.5 Å². The van der Waals surface area contributed by atoms with E-state index in [1.165, 1.54) is 0 Å². The normalized spacial score (nSPS) is 31.6. The van der Waals surface area contributed by atoms with Crippen LogP contribution in [-0.2, 0) is 4.74 Å². The van der Waals surface area contributed by atoms with E-state index in [4.69, 9.17) is 4.74 Å². The number of likely N-dealkylation sites (N-methyl/N-ethyl adjacent to an activating group) is 1. The van der Waals surface area contributed by atoms with Crippen LogP contribution in [0.5, 0.6) is 0 Å². The largest absolute Gasteiger partial charge is 0.475 e. The van der Waals surface area contributed by atoms with Crippen molar-refractivity contribution < 1.29 is 4.74 Å². The van der Waals surface area contributed by atoms with Crippen LogP contribution < -0.4 is 10.6 Å². The lowest BCUT2D eigenvalue weighted by molar-refractivity contribution is 0.167. The third kappa shape index (κ3) is 1.42. The number of ether oxygens (including phenoxy) is 1. The van der Waals surface area contributed by atoms with Crippen molar-refractivity contribution in [1.29, 1.82) is 0 Å². The molecule has 1 heterocycles. The van der Waals surface area contributed by atoms with E-state index >= 15 is 0 Å². The maximum atomic E-state index is 5.28. The monoisotopic (exact) mass is 142 g/mol. The molecule has 1 saturated heterocycles. The highest BCUT2D eigenvalue weighted by Crippen LogP contribution is 2.11. The number of hydrogen-bond donors (Lipinski definition) is 2. The van der Waals surface area contributed by atoms with Gasteiger partial charge in [0.1, 0.15) is 6.10 Å². The zero-order valence-electron chi connectivity index (χ0n) is 6.48. The van der Waals surface area contributed by atoms with Crippen molar-refractivity contribution in [1.82, 2.24) is 10.6 Å². The molecule has 1 aliphatic heterocycles. The van der Waals surface area contributed by atoms with Crippen molar-refractivity contribution in [2.45, 2.75) is 19.1 Å². The second-order valence-electron chi connectivity index (χ2n) is 2.55. The summed E-state index contributed by atoms with van der Waals surface area (Å²) in [6, 6.07) is 0.373. The van der Waals surface area contributed by atoms with Gasteiger partial charge in [-0.15, -0.1) is 0 Å². The van der Waals surface area contributed by atoms with Gasteiger partial charge in [0.2, 0.25) is 0 Å². The topological polar surface area (TPSA) is 33.3 Å². The molecule has 0 aliphatic carbocycles. The molecule has 0 aromatic carbocycles. The van der Waals surface area contributed by atoms with Gasteiger partial charge < -0.3 is 15.4 Å². The summed E-state index contributed by atoms with van der Waals surface area (Å²) in [6.45, 7) is 6.63. The average molecular weight is 142 g/mol. The molecule has 0 saturated carbocycles. The summed E-state index contributed by atoms with van der Waals surface area (Å²) in [6.07, 6.45) is 0.236. The number of rotatable bonds is 2. The first-order valence-electron chi connectivity index (χ1n) is 3.50. The van der Waals surface area contributed by atoms with Crippen LogP contribution >= 0.6 is 0 Å². The summed E-state index contributed by atoms with van der Waals surface area (Å²) in [4.78, 5) is 0. The second kappa shape index (κ2) is 2.92. The van der Waals surface area contributed by atoms with Gasteiger partial charge in [-0.1, -0.05) is 0 Å². The molecule has 0 aromatic heterocycles. The van der Waals surface area contributed by atoms with Crippen LogP contribution in [0.25, 0.3) is 0 Å². The molecule has 10 heavy (non-hydrogen) atoms. The van der Waals surface area contributed by atoms with Crippen molar-refractivity contribution in [2.24, 2.45) is 0 Å². The van der Waals surface area contributed by atoms with Crippen molar-refractivity contribution in [3.63, 3.8) is 0 Å².